The van der Waals surface area contributed by atoms with Crippen molar-refractivity contribution in [1.29, 1.82) is 0 Å². The molecule has 4 atom stereocenters. The quantitative estimate of drug-likeness (QED) is 0.277. The Bertz CT molecular complexity index is 1500. The van der Waals surface area contributed by atoms with Gasteiger partial charge in [-0.1, -0.05) is 0 Å². The molecule has 0 bridgehead atoms. The number of amides is 2. The predicted octanol–water partition coefficient (Wildman–Crippen LogP) is 4.27. The first-order chi connectivity index (χ1) is 21.7. The number of thiazole rings is 1. The fourth-order valence-electron chi connectivity index (χ4n) is 6.66. The average Bonchev–Trinajstić information content (AvgIpc) is 3.82. The summed E-state index contributed by atoms with van der Waals surface area (Å²) in [5.74, 6) is -2.08. The number of benzene rings is 2. The van der Waals surface area contributed by atoms with Gasteiger partial charge in [-0.2, -0.15) is 0 Å². The minimum Gasteiger partial charge on any atom is -0.389 e. The summed E-state index contributed by atoms with van der Waals surface area (Å²) in [7, 11) is 0. The van der Waals surface area contributed by atoms with Crippen molar-refractivity contribution in [3.63, 3.8) is 0 Å². The largest absolute Gasteiger partial charge is 0.389 e. The molecule has 12 heteroatoms. The monoisotopic (exact) mass is 638 g/mol. The van der Waals surface area contributed by atoms with E-state index in [0.29, 0.717) is 23.4 Å². The van der Waals surface area contributed by atoms with Crippen LogP contribution in [0.25, 0.3) is 0 Å². The summed E-state index contributed by atoms with van der Waals surface area (Å²) in [4.78, 5) is 34.5. The molecule has 0 saturated carbocycles. The molecule has 2 aromatic carbocycles. The van der Waals surface area contributed by atoms with Gasteiger partial charge in [-0.15, -0.1) is 11.3 Å². The molecule has 3 aliphatic heterocycles. The summed E-state index contributed by atoms with van der Waals surface area (Å²) in [5, 5.41) is 22.4. The number of anilines is 1. The second kappa shape index (κ2) is 13.9. The Morgan fingerprint density at radius 1 is 1.02 bits per heavy atom. The van der Waals surface area contributed by atoms with E-state index in [-0.39, 0.29) is 30.0 Å². The SMILES string of the molecule is Cc1csc(C2CCCN2C(=O)c2cc(C(=O)NC(Cc3cc(F)cc(F)c3)C(O)C3CCCN3)cc(N3CCCCN3)c2)n1. The number of hydrogen-bond acceptors (Lipinski definition) is 8. The summed E-state index contributed by atoms with van der Waals surface area (Å²) in [6.45, 7) is 4.79. The van der Waals surface area contributed by atoms with Gasteiger partial charge in [-0.05, 0) is 94.3 Å². The van der Waals surface area contributed by atoms with Gasteiger partial charge in [0.25, 0.3) is 11.8 Å². The Hall–Kier alpha value is -3.45. The van der Waals surface area contributed by atoms with Crippen LogP contribution in [0.2, 0.25) is 0 Å². The third kappa shape index (κ3) is 7.35. The number of aliphatic hydroxyl groups is 1. The fraction of sp³-hybridized carbons (Fsp3) is 0.485. The van der Waals surface area contributed by atoms with Crippen LogP contribution in [0, 0.1) is 18.6 Å². The maximum Gasteiger partial charge on any atom is 0.254 e. The fourth-order valence-corrected chi connectivity index (χ4v) is 7.61. The smallest absolute Gasteiger partial charge is 0.254 e. The second-order valence-corrected chi connectivity index (χ2v) is 13.2. The van der Waals surface area contributed by atoms with Gasteiger partial charge < -0.3 is 25.6 Å². The molecule has 0 spiro atoms. The third-order valence-corrected chi connectivity index (χ3v) is 9.97. The lowest BCUT2D eigenvalue weighted by molar-refractivity contribution is 0.0733. The van der Waals surface area contributed by atoms with Crippen LogP contribution in [0.4, 0.5) is 14.5 Å². The van der Waals surface area contributed by atoms with Crippen molar-refractivity contribution in [1.82, 2.24) is 25.9 Å². The third-order valence-electron chi connectivity index (χ3n) is 8.90. The van der Waals surface area contributed by atoms with Crippen LogP contribution >= 0.6 is 11.3 Å². The molecule has 3 saturated heterocycles. The Labute approximate surface area is 266 Å². The number of likely N-dealkylation sites (tertiary alicyclic amines) is 1. The summed E-state index contributed by atoms with van der Waals surface area (Å²) >= 11 is 1.56. The summed E-state index contributed by atoms with van der Waals surface area (Å²) < 4.78 is 28.1. The van der Waals surface area contributed by atoms with Crippen molar-refractivity contribution in [3.05, 3.63) is 80.8 Å². The molecule has 0 aliphatic carbocycles. The van der Waals surface area contributed by atoms with E-state index < -0.39 is 29.7 Å². The summed E-state index contributed by atoms with van der Waals surface area (Å²) in [5.41, 5.74) is 5.99. The number of aromatic nitrogens is 1. The Morgan fingerprint density at radius 2 is 1.82 bits per heavy atom. The number of rotatable bonds is 9. The minimum absolute atomic E-state index is 0.0294. The first-order valence-electron chi connectivity index (χ1n) is 15.8. The molecule has 2 amide bonds. The highest BCUT2D eigenvalue weighted by Crippen LogP contribution is 2.35. The predicted molar refractivity (Wildman–Crippen MR) is 169 cm³/mol. The molecule has 6 rings (SSSR count). The second-order valence-electron chi connectivity index (χ2n) is 12.3. The molecule has 3 fully saturated rings. The van der Waals surface area contributed by atoms with E-state index in [9.17, 15) is 23.5 Å². The first kappa shape index (κ1) is 31.5. The Kier molecular flexibility index (Phi) is 9.74. The van der Waals surface area contributed by atoms with Crippen molar-refractivity contribution in [2.24, 2.45) is 0 Å². The highest BCUT2D eigenvalue weighted by molar-refractivity contribution is 7.09. The minimum atomic E-state index is -0.997. The van der Waals surface area contributed by atoms with E-state index >= 15 is 0 Å². The van der Waals surface area contributed by atoms with Crippen molar-refractivity contribution < 1.29 is 23.5 Å². The normalized spacial score (nSPS) is 21.6. The van der Waals surface area contributed by atoms with E-state index in [1.165, 1.54) is 12.1 Å². The van der Waals surface area contributed by atoms with Gasteiger partial charge in [0.15, 0.2) is 0 Å². The van der Waals surface area contributed by atoms with Gasteiger partial charge in [0.2, 0.25) is 0 Å². The van der Waals surface area contributed by atoms with E-state index in [1.807, 2.05) is 28.3 Å². The zero-order valence-corrected chi connectivity index (χ0v) is 26.2. The van der Waals surface area contributed by atoms with Crippen molar-refractivity contribution >= 4 is 28.8 Å². The Morgan fingerprint density at radius 3 is 2.51 bits per heavy atom. The molecule has 4 N–H and O–H groups in total. The van der Waals surface area contributed by atoms with Crippen molar-refractivity contribution in [2.45, 2.75) is 76.1 Å². The standard InChI is InChI=1S/C33H40F2N6O3S/c1-20-19-45-32(38-20)29-7-5-10-40(29)33(44)23-15-22(16-26(17-23)41-11-3-2-9-37-41)31(43)39-28(30(42)27-6-4-8-36-27)14-21-12-24(34)18-25(35)13-21/h12-13,15-19,27-30,36-37,42H,2-11,14H2,1H3,(H,39,43). The molecular formula is C33H40F2N6O3S. The molecule has 240 valence electrons. The molecule has 9 nitrogen and oxygen atoms in total. The zero-order chi connectivity index (χ0) is 31.5. The number of nitrogens with one attached hydrogen (secondary N) is 3. The van der Waals surface area contributed by atoms with E-state index in [0.717, 1.165) is 74.9 Å². The molecule has 4 heterocycles. The number of nitrogens with zero attached hydrogens (tertiary/aromatic N) is 3. The van der Waals surface area contributed by atoms with Crippen molar-refractivity contribution in [3.8, 4) is 0 Å². The number of halogens is 2. The van der Waals surface area contributed by atoms with Crippen molar-refractivity contribution in [2.75, 3.05) is 31.2 Å². The summed E-state index contributed by atoms with van der Waals surface area (Å²) in [6.07, 6.45) is 4.32. The van der Waals surface area contributed by atoms with E-state index in [1.54, 1.807) is 23.5 Å². The highest BCUT2D eigenvalue weighted by atomic mass is 32.1. The lowest BCUT2D eigenvalue weighted by Gasteiger charge is -2.31. The maximum atomic E-state index is 14.1. The van der Waals surface area contributed by atoms with Gasteiger partial charge in [0.05, 0.1) is 23.9 Å². The topological polar surface area (TPSA) is 110 Å². The van der Waals surface area contributed by atoms with Crippen LogP contribution in [0.1, 0.15) is 81.5 Å². The molecule has 0 radical (unpaired) electrons. The molecule has 1 aromatic heterocycles. The van der Waals surface area contributed by atoms with Gasteiger partial charge in [-0.3, -0.25) is 9.59 Å². The number of carbonyl (C=O) groups is 2. The van der Waals surface area contributed by atoms with Gasteiger partial charge in [0.1, 0.15) is 16.6 Å². The average molecular weight is 639 g/mol. The maximum absolute atomic E-state index is 14.1. The molecule has 3 aromatic rings. The number of aliphatic hydroxyl groups excluding tert-OH is 1. The lowest BCUT2D eigenvalue weighted by Crippen LogP contribution is -2.52. The Balaban J connectivity index is 1.30. The lowest BCUT2D eigenvalue weighted by atomic mass is 9.94. The van der Waals surface area contributed by atoms with Gasteiger partial charge in [0, 0.05) is 53.9 Å². The van der Waals surface area contributed by atoms with Crippen LogP contribution in [-0.2, 0) is 6.42 Å². The van der Waals surface area contributed by atoms with Crippen LogP contribution in [0.5, 0.6) is 0 Å². The first-order valence-corrected chi connectivity index (χ1v) is 16.7. The van der Waals surface area contributed by atoms with E-state index in [4.69, 9.17) is 0 Å². The van der Waals surface area contributed by atoms with Crippen LogP contribution < -0.4 is 21.1 Å². The van der Waals surface area contributed by atoms with E-state index in [2.05, 4.69) is 21.0 Å². The van der Waals surface area contributed by atoms with Gasteiger partial charge >= 0.3 is 0 Å². The summed E-state index contributed by atoms with van der Waals surface area (Å²) in [6, 6.07) is 7.19. The number of aryl methyl sites for hydroxylation is 1. The number of hydrogen-bond donors (Lipinski definition) is 4. The number of hydrazine groups is 1. The zero-order valence-electron chi connectivity index (χ0n) is 25.4. The highest BCUT2D eigenvalue weighted by Gasteiger charge is 2.34. The molecule has 4 unspecified atom stereocenters. The molecule has 3 aliphatic rings. The van der Waals surface area contributed by atoms with Crippen LogP contribution in [0.15, 0.2) is 41.8 Å². The molecular weight excluding hydrogens is 598 g/mol. The van der Waals surface area contributed by atoms with Crippen LogP contribution in [-0.4, -0.2) is 71.2 Å². The van der Waals surface area contributed by atoms with Gasteiger partial charge in [-0.25, -0.2) is 19.2 Å². The van der Waals surface area contributed by atoms with Crippen LogP contribution in [0.3, 0.4) is 0 Å². The molecule has 45 heavy (non-hydrogen) atoms. The number of carbonyl (C=O) groups excluding carboxylic acids is 2.